The molecule has 16 heavy (non-hydrogen) atoms. The van der Waals surface area contributed by atoms with Crippen LogP contribution in [0.1, 0.15) is 27.9 Å². The van der Waals surface area contributed by atoms with Gasteiger partial charge in [0.25, 0.3) is 0 Å². The number of hydrogen-bond donors (Lipinski definition) is 1. The summed E-state index contributed by atoms with van der Waals surface area (Å²) in [6.07, 6.45) is 2.33. The molecule has 1 aliphatic rings. The summed E-state index contributed by atoms with van der Waals surface area (Å²) in [7, 11) is 1.24. The van der Waals surface area contributed by atoms with E-state index in [0.717, 1.165) is 24.0 Å². The van der Waals surface area contributed by atoms with Crippen LogP contribution in [-0.2, 0) is 17.6 Å². The Morgan fingerprint density at radius 2 is 2.25 bits per heavy atom. The second kappa shape index (κ2) is 4.22. The van der Waals surface area contributed by atoms with E-state index in [0.29, 0.717) is 6.42 Å². The van der Waals surface area contributed by atoms with Crippen molar-refractivity contribution >= 4 is 5.97 Å². The first-order valence-electron chi connectivity index (χ1n) is 5.27. The van der Waals surface area contributed by atoms with Gasteiger partial charge in [0.05, 0.1) is 12.7 Å². The number of benzene rings is 1. The number of carbonyl (C=O) groups excluding carboxylic acids is 1. The minimum absolute atomic E-state index is 0.00431. The SMILES string of the molecule is COC(=O)c1cc2c(cc1F)CCC(N)C2. The number of methoxy groups -OCH3 is 1. The molecule has 0 bridgehead atoms. The van der Waals surface area contributed by atoms with Crippen LogP contribution in [0.3, 0.4) is 0 Å². The minimum Gasteiger partial charge on any atom is -0.465 e. The zero-order valence-electron chi connectivity index (χ0n) is 9.13. The lowest BCUT2D eigenvalue weighted by molar-refractivity contribution is 0.0595. The van der Waals surface area contributed by atoms with E-state index < -0.39 is 11.8 Å². The fourth-order valence-corrected chi connectivity index (χ4v) is 2.07. The molecule has 3 nitrogen and oxygen atoms in total. The summed E-state index contributed by atoms with van der Waals surface area (Å²) in [5.74, 6) is -1.15. The molecule has 0 aliphatic heterocycles. The van der Waals surface area contributed by atoms with E-state index in [1.807, 2.05) is 0 Å². The summed E-state index contributed by atoms with van der Waals surface area (Å²) in [4.78, 5) is 11.3. The molecule has 1 aromatic rings. The summed E-state index contributed by atoms with van der Waals surface area (Å²) in [5.41, 5.74) is 7.74. The Morgan fingerprint density at radius 1 is 1.50 bits per heavy atom. The van der Waals surface area contributed by atoms with Gasteiger partial charge in [-0.2, -0.15) is 0 Å². The van der Waals surface area contributed by atoms with Gasteiger partial charge in [-0.25, -0.2) is 9.18 Å². The first-order valence-corrected chi connectivity index (χ1v) is 5.27. The lowest BCUT2D eigenvalue weighted by Crippen LogP contribution is -2.28. The summed E-state index contributed by atoms with van der Waals surface area (Å²) in [5, 5.41) is 0. The molecule has 1 aromatic carbocycles. The quantitative estimate of drug-likeness (QED) is 0.733. The molecule has 0 amide bonds. The second-order valence-electron chi connectivity index (χ2n) is 4.10. The van der Waals surface area contributed by atoms with E-state index in [2.05, 4.69) is 4.74 Å². The van der Waals surface area contributed by atoms with E-state index in [1.165, 1.54) is 13.2 Å². The Hall–Kier alpha value is -1.42. The Kier molecular flexibility index (Phi) is 2.92. The number of nitrogens with two attached hydrogens (primary N) is 1. The van der Waals surface area contributed by atoms with Gasteiger partial charge in [-0.1, -0.05) is 0 Å². The molecule has 1 unspecified atom stereocenters. The van der Waals surface area contributed by atoms with Gasteiger partial charge in [-0.15, -0.1) is 0 Å². The number of ether oxygens (including phenoxy) is 1. The Bertz CT molecular complexity index is 431. The maximum atomic E-state index is 13.6. The molecule has 0 fully saturated rings. The number of halogens is 1. The van der Waals surface area contributed by atoms with Gasteiger partial charge in [0.1, 0.15) is 5.82 Å². The molecule has 2 rings (SSSR count). The molecular weight excluding hydrogens is 209 g/mol. The normalized spacial score (nSPS) is 19.1. The Morgan fingerprint density at radius 3 is 2.94 bits per heavy atom. The van der Waals surface area contributed by atoms with Gasteiger partial charge in [0.15, 0.2) is 0 Å². The number of hydrogen-bond acceptors (Lipinski definition) is 3. The van der Waals surface area contributed by atoms with Crippen LogP contribution in [0.25, 0.3) is 0 Å². The smallest absolute Gasteiger partial charge is 0.340 e. The summed E-state index contributed by atoms with van der Waals surface area (Å²) >= 11 is 0. The van der Waals surface area contributed by atoms with Crippen LogP contribution in [0.15, 0.2) is 12.1 Å². The maximum Gasteiger partial charge on any atom is 0.340 e. The van der Waals surface area contributed by atoms with Gasteiger partial charge in [-0.05, 0) is 42.5 Å². The van der Waals surface area contributed by atoms with Crippen molar-refractivity contribution in [1.29, 1.82) is 0 Å². The molecule has 1 aliphatic carbocycles. The van der Waals surface area contributed by atoms with E-state index in [1.54, 1.807) is 6.07 Å². The number of aryl methyl sites for hydroxylation is 1. The zero-order chi connectivity index (χ0) is 11.7. The highest BCUT2D eigenvalue weighted by Crippen LogP contribution is 2.24. The molecule has 1 atom stereocenters. The van der Waals surface area contributed by atoms with Crippen LogP contribution in [0.2, 0.25) is 0 Å². The molecular formula is C12H14FNO2. The van der Waals surface area contributed by atoms with Crippen molar-refractivity contribution in [3.63, 3.8) is 0 Å². The van der Waals surface area contributed by atoms with Crippen LogP contribution in [0.4, 0.5) is 4.39 Å². The zero-order valence-corrected chi connectivity index (χ0v) is 9.13. The number of carbonyl (C=O) groups is 1. The summed E-state index contributed by atoms with van der Waals surface area (Å²) in [6, 6.07) is 3.09. The third-order valence-corrected chi connectivity index (χ3v) is 2.96. The van der Waals surface area contributed by atoms with Gasteiger partial charge < -0.3 is 10.5 Å². The Labute approximate surface area is 93.4 Å². The average Bonchev–Trinajstić information content (AvgIpc) is 2.28. The van der Waals surface area contributed by atoms with Crippen molar-refractivity contribution in [2.75, 3.05) is 7.11 Å². The maximum absolute atomic E-state index is 13.6. The van der Waals surface area contributed by atoms with Gasteiger partial charge >= 0.3 is 5.97 Å². The fourth-order valence-electron chi connectivity index (χ4n) is 2.07. The lowest BCUT2D eigenvalue weighted by atomic mass is 9.87. The van der Waals surface area contributed by atoms with Crippen LogP contribution < -0.4 is 5.73 Å². The van der Waals surface area contributed by atoms with Crippen LogP contribution in [0, 0.1) is 5.82 Å². The molecule has 0 saturated heterocycles. The highest BCUT2D eigenvalue weighted by Gasteiger charge is 2.20. The van der Waals surface area contributed by atoms with Gasteiger partial charge in [0, 0.05) is 6.04 Å². The highest BCUT2D eigenvalue weighted by molar-refractivity contribution is 5.90. The molecule has 0 saturated carbocycles. The monoisotopic (exact) mass is 223 g/mol. The lowest BCUT2D eigenvalue weighted by Gasteiger charge is -2.22. The third-order valence-electron chi connectivity index (χ3n) is 2.96. The predicted molar refractivity (Wildman–Crippen MR) is 57.7 cm³/mol. The minimum atomic E-state index is -0.639. The molecule has 0 spiro atoms. The fraction of sp³-hybridized carbons (Fsp3) is 0.417. The van der Waals surface area contributed by atoms with Crippen molar-refractivity contribution in [3.8, 4) is 0 Å². The Balaban J connectivity index is 2.43. The molecule has 0 heterocycles. The van der Waals surface area contributed by atoms with Crippen molar-refractivity contribution in [2.24, 2.45) is 5.73 Å². The highest BCUT2D eigenvalue weighted by atomic mass is 19.1. The predicted octanol–water partition coefficient (Wildman–Crippen LogP) is 1.43. The van der Waals surface area contributed by atoms with Crippen molar-refractivity contribution in [1.82, 2.24) is 0 Å². The van der Waals surface area contributed by atoms with E-state index >= 15 is 0 Å². The number of fused-ring (bicyclic) bond motifs is 1. The molecule has 0 radical (unpaired) electrons. The summed E-state index contributed by atoms with van der Waals surface area (Å²) < 4.78 is 18.1. The van der Waals surface area contributed by atoms with Crippen LogP contribution in [0.5, 0.6) is 0 Å². The average molecular weight is 223 g/mol. The van der Waals surface area contributed by atoms with Gasteiger partial charge in [0.2, 0.25) is 0 Å². The van der Waals surface area contributed by atoms with E-state index in [-0.39, 0.29) is 11.6 Å². The largest absolute Gasteiger partial charge is 0.465 e. The standard InChI is InChI=1S/C12H14FNO2/c1-16-12(15)10-5-8-4-9(14)3-2-7(8)6-11(10)13/h5-6,9H,2-4,14H2,1H3. The molecule has 0 aromatic heterocycles. The topological polar surface area (TPSA) is 52.3 Å². The number of esters is 1. The molecule has 86 valence electrons. The first-order chi connectivity index (χ1) is 7.61. The van der Waals surface area contributed by atoms with Crippen molar-refractivity contribution in [2.45, 2.75) is 25.3 Å². The van der Waals surface area contributed by atoms with Crippen molar-refractivity contribution in [3.05, 3.63) is 34.6 Å². The first kappa shape index (κ1) is 11.1. The number of rotatable bonds is 1. The molecule has 4 heteroatoms. The van der Waals surface area contributed by atoms with E-state index in [9.17, 15) is 9.18 Å². The van der Waals surface area contributed by atoms with Crippen molar-refractivity contribution < 1.29 is 13.9 Å². The van der Waals surface area contributed by atoms with Crippen LogP contribution in [-0.4, -0.2) is 19.1 Å². The second-order valence-corrected chi connectivity index (χ2v) is 4.10. The molecule has 2 N–H and O–H groups in total. The third kappa shape index (κ3) is 1.93. The summed E-state index contributed by atoms with van der Waals surface area (Å²) in [6.45, 7) is 0. The van der Waals surface area contributed by atoms with Gasteiger partial charge in [-0.3, -0.25) is 0 Å². The van der Waals surface area contributed by atoms with Crippen LogP contribution >= 0.6 is 0 Å². The van der Waals surface area contributed by atoms with E-state index in [4.69, 9.17) is 5.73 Å².